The number of carbonyl (C=O) groups excluding carboxylic acids is 1. The number of hydrogen-bond donors (Lipinski definition) is 0. The first-order valence-corrected chi connectivity index (χ1v) is 8.93. The molecule has 0 bridgehead atoms. The molecule has 0 radical (unpaired) electrons. The van der Waals surface area contributed by atoms with Gasteiger partial charge >= 0.3 is 0 Å². The van der Waals surface area contributed by atoms with E-state index in [1.807, 2.05) is 20.8 Å². The first-order valence-electron chi connectivity index (χ1n) is 6.62. The lowest BCUT2D eigenvalue weighted by molar-refractivity contribution is 0.0744. The third-order valence-electron chi connectivity index (χ3n) is 3.07. The van der Waals surface area contributed by atoms with Gasteiger partial charge in [0.05, 0.1) is 4.90 Å². The smallest absolute Gasteiger partial charge is 0.261 e. The topological polar surface area (TPSA) is 54.5 Å². The lowest BCUT2D eigenvalue weighted by Gasteiger charge is -2.24. The van der Waals surface area contributed by atoms with Gasteiger partial charge in [0.25, 0.3) is 15.0 Å². The third-order valence-corrected chi connectivity index (χ3v) is 4.52. The summed E-state index contributed by atoms with van der Waals surface area (Å²) < 4.78 is 36.6. The number of nitrogens with zero attached hydrogens (tertiary/aromatic N) is 1. The Bertz CT molecular complexity index is 644. The van der Waals surface area contributed by atoms with Gasteiger partial charge in [-0.05, 0) is 37.5 Å². The van der Waals surface area contributed by atoms with Crippen LogP contribution in [0.4, 0.5) is 4.39 Å². The van der Waals surface area contributed by atoms with Gasteiger partial charge in [-0.3, -0.25) is 4.79 Å². The van der Waals surface area contributed by atoms with E-state index < -0.39 is 20.8 Å². The molecule has 0 unspecified atom stereocenters. The summed E-state index contributed by atoms with van der Waals surface area (Å²) in [7, 11) is 1.18. The van der Waals surface area contributed by atoms with E-state index in [2.05, 4.69) is 0 Å². The maximum atomic E-state index is 13.6. The van der Waals surface area contributed by atoms with Gasteiger partial charge in [0.2, 0.25) is 0 Å². The second-order valence-electron chi connectivity index (χ2n) is 5.25. The van der Waals surface area contributed by atoms with E-state index in [1.54, 1.807) is 4.90 Å². The van der Waals surface area contributed by atoms with Gasteiger partial charge in [0.15, 0.2) is 0 Å². The zero-order valence-corrected chi connectivity index (χ0v) is 14.1. The van der Waals surface area contributed by atoms with Crippen molar-refractivity contribution in [3.05, 3.63) is 29.1 Å². The average molecular weight is 336 g/mol. The third kappa shape index (κ3) is 4.41. The van der Waals surface area contributed by atoms with E-state index in [4.69, 9.17) is 10.7 Å². The van der Waals surface area contributed by atoms with Crippen molar-refractivity contribution in [1.29, 1.82) is 0 Å². The molecule has 0 atom stereocenters. The first kappa shape index (κ1) is 17.9. The van der Waals surface area contributed by atoms with Crippen molar-refractivity contribution in [3.8, 4) is 0 Å². The van der Waals surface area contributed by atoms with Crippen molar-refractivity contribution in [2.24, 2.45) is 5.92 Å². The van der Waals surface area contributed by atoms with Gasteiger partial charge in [-0.1, -0.05) is 13.8 Å². The van der Waals surface area contributed by atoms with E-state index in [9.17, 15) is 17.6 Å². The number of hydrogen-bond acceptors (Lipinski definition) is 3. The fourth-order valence-electron chi connectivity index (χ4n) is 2.10. The molecular weight excluding hydrogens is 317 g/mol. The molecule has 1 amide bonds. The van der Waals surface area contributed by atoms with Crippen LogP contribution in [0.1, 0.15) is 36.7 Å². The summed E-state index contributed by atoms with van der Waals surface area (Å²) in [5, 5.41) is 0. The molecule has 0 spiro atoms. The Labute approximate surface area is 129 Å². The van der Waals surface area contributed by atoms with Crippen LogP contribution < -0.4 is 0 Å². The fraction of sp³-hybridized carbons (Fsp3) is 0.500. The summed E-state index contributed by atoms with van der Waals surface area (Å²) >= 11 is 0. The second-order valence-corrected chi connectivity index (χ2v) is 7.79. The van der Waals surface area contributed by atoms with Gasteiger partial charge in [0, 0.05) is 29.3 Å². The maximum absolute atomic E-state index is 13.6. The van der Waals surface area contributed by atoms with Crippen molar-refractivity contribution in [2.75, 3.05) is 13.1 Å². The Hall–Kier alpha value is -1.14. The maximum Gasteiger partial charge on any atom is 0.261 e. The monoisotopic (exact) mass is 335 g/mol. The van der Waals surface area contributed by atoms with Crippen molar-refractivity contribution < 1.29 is 17.6 Å². The highest BCUT2D eigenvalue weighted by Crippen LogP contribution is 2.25. The van der Waals surface area contributed by atoms with Crippen LogP contribution in [0.5, 0.6) is 0 Å². The van der Waals surface area contributed by atoms with E-state index in [0.29, 0.717) is 13.1 Å². The van der Waals surface area contributed by atoms with Gasteiger partial charge in [0.1, 0.15) is 5.82 Å². The van der Waals surface area contributed by atoms with Crippen LogP contribution in [0.3, 0.4) is 0 Å². The normalized spacial score (nSPS) is 11.8. The summed E-state index contributed by atoms with van der Waals surface area (Å²) in [4.78, 5) is 13.7. The van der Waals surface area contributed by atoms with Crippen molar-refractivity contribution in [2.45, 2.75) is 32.6 Å². The fourth-order valence-corrected chi connectivity index (χ4v) is 3.31. The van der Waals surface area contributed by atoms with Gasteiger partial charge in [-0.15, -0.1) is 0 Å². The van der Waals surface area contributed by atoms with Crippen LogP contribution in [0, 0.1) is 18.7 Å². The zero-order valence-electron chi connectivity index (χ0n) is 12.5. The molecule has 0 N–H and O–H groups in total. The standard InChI is InChI=1S/C14H19ClFNO3S/c1-5-17(8-9(2)3)14(18)12-6-11(16)7-13(10(12)4)21(15,19)20/h6-7,9H,5,8H2,1-4H3. The van der Waals surface area contributed by atoms with Crippen molar-refractivity contribution in [1.82, 2.24) is 4.90 Å². The average Bonchev–Trinajstić information content (AvgIpc) is 2.36. The van der Waals surface area contributed by atoms with Gasteiger partial charge < -0.3 is 4.90 Å². The molecule has 0 saturated carbocycles. The highest BCUT2D eigenvalue weighted by molar-refractivity contribution is 8.13. The summed E-state index contributed by atoms with van der Waals surface area (Å²) in [6, 6.07) is 1.87. The number of amides is 1. The lowest BCUT2D eigenvalue weighted by Crippen LogP contribution is -2.34. The predicted octanol–water partition coefficient (Wildman–Crippen LogP) is 3.18. The minimum Gasteiger partial charge on any atom is -0.339 e. The van der Waals surface area contributed by atoms with E-state index in [0.717, 1.165) is 12.1 Å². The molecule has 1 rings (SSSR count). The molecule has 7 heteroatoms. The molecule has 4 nitrogen and oxygen atoms in total. The van der Waals surface area contributed by atoms with Crippen LogP contribution in [0.2, 0.25) is 0 Å². The largest absolute Gasteiger partial charge is 0.339 e. The molecule has 118 valence electrons. The summed E-state index contributed by atoms with van der Waals surface area (Å²) in [5.74, 6) is -0.951. The minimum absolute atomic E-state index is 0.0247. The lowest BCUT2D eigenvalue weighted by atomic mass is 10.1. The number of halogens is 2. The predicted molar refractivity (Wildman–Crippen MR) is 80.6 cm³/mol. The van der Waals surface area contributed by atoms with Crippen molar-refractivity contribution in [3.63, 3.8) is 0 Å². The first-order chi connectivity index (χ1) is 9.57. The summed E-state index contributed by atoms with van der Waals surface area (Å²) in [6.45, 7) is 8.15. The van der Waals surface area contributed by atoms with Crippen LogP contribution >= 0.6 is 10.7 Å². The molecule has 0 aliphatic rings. The second kappa shape index (κ2) is 6.75. The zero-order chi connectivity index (χ0) is 16.4. The molecule has 0 heterocycles. The molecule has 0 aliphatic heterocycles. The number of carbonyl (C=O) groups is 1. The molecular formula is C14H19ClFNO3S. The molecule has 1 aromatic carbocycles. The highest BCUT2D eigenvalue weighted by Gasteiger charge is 2.24. The Morgan fingerprint density at radius 3 is 2.38 bits per heavy atom. The van der Waals surface area contributed by atoms with Crippen LogP contribution in [-0.4, -0.2) is 32.3 Å². The molecule has 0 aliphatic carbocycles. The Morgan fingerprint density at radius 2 is 1.95 bits per heavy atom. The van der Waals surface area contributed by atoms with E-state index in [-0.39, 0.29) is 21.9 Å². The molecule has 0 aromatic heterocycles. The van der Waals surface area contributed by atoms with Crippen LogP contribution in [-0.2, 0) is 9.05 Å². The van der Waals surface area contributed by atoms with E-state index in [1.165, 1.54) is 6.92 Å². The highest BCUT2D eigenvalue weighted by atomic mass is 35.7. The molecule has 21 heavy (non-hydrogen) atoms. The Kier molecular flexibility index (Phi) is 5.75. The van der Waals surface area contributed by atoms with E-state index >= 15 is 0 Å². The SMILES string of the molecule is CCN(CC(C)C)C(=O)c1cc(F)cc(S(=O)(=O)Cl)c1C. The molecule has 0 saturated heterocycles. The van der Waals surface area contributed by atoms with Crippen LogP contribution in [0.25, 0.3) is 0 Å². The molecule has 1 aromatic rings. The minimum atomic E-state index is -4.11. The van der Waals surface area contributed by atoms with Gasteiger partial charge in [-0.25, -0.2) is 12.8 Å². The summed E-state index contributed by atoms with van der Waals surface area (Å²) in [5.41, 5.74) is 0.190. The summed E-state index contributed by atoms with van der Waals surface area (Å²) in [6.07, 6.45) is 0. The Morgan fingerprint density at radius 1 is 1.38 bits per heavy atom. The molecule has 0 fully saturated rings. The quantitative estimate of drug-likeness (QED) is 0.776. The van der Waals surface area contributed by atoms with Crippen LogP contribution in [0.15, 0.2) is 17.0 Å². The van der Waals surface area contributed by atoms with Crippen molar-refractivity contribution >= 4 is 25.6 Å². The number of rotatable bonds is 5. The van der Waals surface area contributed by atoms with Gasteiger partial charge in [-0.2, -0.15) is 0 Å². The Balaban J connectivity index is 3.36. The number of benzene rings is 1.